The Hall–Kier alpha value is -2.36. The standard InChI is InChI=1S/C15H13FO3/c1-10-6-7-11(12(8-10)15(17)18)9-19-14-5-3-2-4-13(14)16/h2-8H,9H2,1H3,(H,17,18). The molecule has 0 bridgehead atoms. The van der Waals surface area contributed by atoms with Crippen molar-refractivity contribution in [3.8, 4) is 5.75 Å². The first-order chi connectivity index (χ1) is 9.08. The molecule has 0 saturated heterocycles. The van der Waals surface area contributed by atoms with Gasteiger partial charge in [0.1, 0.15) is 6.61 Å². The molecule has 2 aromatic rings. The fraction of sp³-hybridized carbons (Fsp3) is 0.133. The molecule has 19 heavy (non-hydrogen) atoms. The SMILES string of the molecule is Cc1ccc(COc2ccccc2F)c(C(=O)O)c1. The summed E-state index contributed by atoms with van der Waals surface area (Å²) in [5, 5.41) is 9.11. The van der Waals surface area contributed by atoms with Gasteiger partial charge in [0.15, 0.2) is 11.6 Å². The van der Waals surface area contributed by atoms with Gasteiger partial charge in [-0.1, -0.05) is 29.8 Å². The number of aromatic carboxylic acids is 1. The molecule has 0 saturated carbocycles. The van der Waals surface area contributed by atoms with Gasteiger partial charge in [0.25, 0.3) is 0 Å². The molecule has 2 rings (SSSR count). The fourth-order valence-electron chi connectivity index (χ4n) is 1.73. The zero-order chi connectivity index (χ0) is 13.8. The highest BCUT2D eigenvalue weighted by Crippen LogP contribution is 2.19. The van der Waals surface area contributed by atoms with Crippen LogP contribution < -0.4 is 4.74 Å². The molecular weight excluding hydrogens is 247 g/mol. The summed E-state index contributed by atoms with van der Waals surface area (Å²) in [6.07, 6.45) is 0. The number of rotatable bonds is 4. The fourth-order valence-corrected chi connectivity index (χ4v) is 1.73. The Morgan fingerprint density at radius 2 is 2.00 bits per heavy atom. The minimum absolute atomic E-state index is 0.0167. The molecule has 4 heteroatoms. The van der Waals surface area contributed by atoms with E-state index in [1.807, 2.05) is 6.92 Å². The Kier molecular flexibility index (Phi) is 3.80. The van der Waals surface area contributed by atoms with Gasteiger partial charge < -0.3 is 9.84 Å². The highest BCUT2D eigenvalue weighted by Gasteiger charge is 2.11. The monoisotopic (exact) mass is 260 g/mol. The summed E-state index contributed by atoms with van der Waals surface area (Å²) in [7, 11) is 0. The van der Waals surface area contributed by atoms with Gasteiger partial charge in [-0.05, 0) is 25.1 Å². The minimum atomic E-state index is -1.02. The minimum Gasteiger partial charge on any atom is -0.486 e. The van der Waals surface area contributed by atoms with Crippen molar-refractivity contribution in [1.82, 2.24) is 0 Å². The third-order valence-corrected chi connectivity index (χ3v) is 2.72. The summed E-state index contributed by atoms with van der Waals surface area (Å²) >= 11 is 0. The molecule has 1 N–H and O–H groups in total. The highest BCUT2D eigenvalue weighted by molar-refractivity contribution is 5.89. The number of para-hydroxylation sites is 1. The van der Waals surface area contributed by atoms with E-state index < -0.39 is 11.8 Å². The van der Waals surface area contributed by atoms with E-state index >= 15 is 0 Å². The molecule has 0 amide bonds. The predicted octanol–water partition coefficient (Wildman–Crippen LogP) is 3.41. The summed E-state index contributed by atoms with van der Waals surface area (Å²) in [6.45, 7) is 1.83. The van der Waals surface area contributed by atoms with Crippen molar-refractivity contribution in [2.24, 2.45) is 0 Å². The average molecular weight is 260 g/mol. The largest absolute Gasteiger partial charge is 0.486 e. The molecule has 0 aromatic heterocycles. The number of carbonyl (C=O) groups is 1. The normalized spacial score (nSPS) is 10.2. The number of carboxylic acid groups (broad SMARTS) is 1. The van der Waals surface area contributed by atoms with Crippen molar-refractivity contribution >= 4 is 5.97 Å². The Morgan fingerprint density at radius 3 is 2.68 bits per heavy atom. The predicted molar refractivity (Wildman–Crippen MR) is 68.9 cm³/mol. The Balaban J connectivity index is 2.20. The van der Waals surface area contributed by atoms with Gasteiger partial charge in [0, 0.05) is 5.56 Å². The number of hydrogen-bond donors (Lipinski definition) is 1. The van der Waals surface area contributed by atoms with E-state index in [9.17, 15) is 9.18 Å². The van der Waals surface area contributed by atoms with Crippen molar-refractivity contribution in [3.05, 3.63) is 65.0 Å². The molecule has 0 aliphatic heterocycles. The van der Waals surface area contributed by atoms with Gasteiger partial charge >= 0.3 is 5.97 Å². The lowest BCUT2D eigenvalue weighted by atomic mass is 10.1. The Morgan fingerprint density at radius 1 is 1.26 bits per heavy atom. The number of hydrogen-bond acceptors (Lipinski definition) is 2. The molecule has 0 radical (unpaired) electrons. The third-order valence-electron chi connectivity index (χ3n) is 2.72. The Labute approximate surface area is 110 Å². The topological polar surface area (TPSA) is 46.5 Å². The first-order valence-corrected chi connectivity index (χ1v) is 5.78. The van der Waals surface area contributed by atoms with Crippen LogP contribution >= 0.6 is 0 Å². The molecule has 0 heterocycles. The molecule has 98 valence electrons. The number of carboxylic acids is 1. The van der Waals surface area contributed by atoms with Crippen LogP contribution in [0.25, 0.3) is 0 Å². The van der Waals surface area contributed by atoms with Gasteiger partial charge in [0.2, 0.25) is 0 Å². The van der Waals surface area contributed by atoms with Crippen molar-refractivity contribution < 1.29 is 19.0 Å². The second-order valence-corrected chi connectivity index (χ2v) is 4.18. The molecule has 0 atom stereocenters. The maximum Gasteiger partial charge on any atom is 0.336 e. The maximum absolute atomic E-state index is 13.4. The summed E-state index contributed by atoms with van der Waals surface area (Å²) in [6, 6.07) is 11.1. The zero-order valence-corrected chi connectivity index (χ0v) is 10.4. The number of halogens is 1. The van der Waals surface area contributed by atoms with Gasteiger partial charge in [-0.25, -0.2) is 9.18 Å². The van der Waals surface area contributed by atoms with Crippen molar-refractivity contribution in [3.63, 3.8) is 0 Å². The van der Waals surface area contributed by atoms with Crippen LogP contribution in [-0.2, 0) is 6.61 Å². The summed E-state index contributed by atoms with van der Waals surface area (Å²) in [5.41, 5.74) is 1.55. The molecule has 0 aliphatic rings. The van der Waals surface area contributed by atoms with E-state index in [0.29, 0.717) is 5.56 Å². The van der Waals surface area contributed by atoms with E-state index in [0.717, 1.165) is 5.56 Å². The van der Waals surface area contributed by atoms with Crippen LogP contribution in [0.15, 0.2) is 42.5 Å². The van der Waals surface area contributed by atoms with Crippen LogP contribution in [0.5, 0.6) is 5.75 Å². The quantitative estimate of drug-likeness (QED) is 0.916. The number of ether oxygens (including phenoxy) is 1. The molecule has 2 aromatic carbocycles. The second kappa shape index (κ2) is 5.52. The van der Waals surface area contributed by atoms with Crippen LogP contribution in [-0.4, -0.2) is 11.1 Å². The number of aryl methyl sites for hydroxylation is 1. The van der Waals surface area contributed by atoms with Crippen molar-refractivity contribution in [2.75, 3.05) is 0 Å². The maximum atomic E-state index is 13.4. The van der Waals surface area contributed by atoms with Crippen molar-refractivity contribution in [1.29, 1.82) is 0 Å². The second-order valence-electron chi connectivity index (χ2n) is 4.18. The van der Waals surface area contributed by atoms with Gasteiger partial charge in [-0.15, -0.1) is 0 Å². The van der Waals surface area contributed by atoms with E-state index in [2.05, 4.69) is 0 Å². The lowest BCUT2D eigenvalue weighted by Gasteiger charge is -2.10. The van der Waals surface area contributed by atoms with Crippen LogP contribution in [0.4, 0.5) is 4.39 Å². The van der Waals surface area contributed by atoms with Crippen LogP contribution in [0, 0.1) is 12.7 Å². The first-order valence-electron chi connectivity index (χ1n) is 5.78. The Bertz CT molecular complexity index is 608. The van der Waals surface area contributed by atoms with Crippen LogP contribution in [0.1, 0.15) is 21.5 Å². The molecular formula is C15H13FO3. The first kappa shape index (κ1) is 13.1. The average Bonchev–Trinajstić information content (AvgIpc) is 2.38. The van der Waals surface area contributed by atoms with Gasteiger partial charge in [-0.3, -0.25) is 0 Å². The van der Waals surface area contributed by atoms with E-state index in [4.69, 9.17) is 9.84 Å². The molecule has 0 aliphatic carbocycles. The van der Waals surface area contributed by atoms with Gasteiger partial charge in [0.05, 0.1) is 5.56 Å². The summed E-state index contributed by atoms with van der Waals surface area (Å²) in [5.74, 6) is -1.37. The van der Waals surface area contributed by atoms with E-state index in [1.165, 1.54) is 12.1 Å². The lowest BCUT2D eigenvalue weighted by molar-refractivity contribution is 0.0694. The lowest BCUT2D eigenvalue weighted by Crippen LogP contribution is -2.06. The summed E-state index contributed by atoms with van der Waals surface area (Å²) < 4.78 is 18.7. The van der Waals surface area contributed by atoms with Gasteiger partial charge in [-0.2, -0.15) is 0 Å². The zero-order valence-electron chi connectivity index (χ0n) is 10.4. The van der Waals surface area contributed by atoms with Crippen LogP contribution in [0.3, 0.4) is 0 Å². The van der Waals surface area contributed by atoms with Crippen molar-refractivity contribution in [2.45, 2.75) is 13.5 Å². The third kappa shape index (κ3) is 3.10. The van der Waals surface area contributed by atoms with Crippen LogP contribution in [0.2, 0.25) is 0 Å². The summed E-state index contributed by atoms with van der Waals surface area (Å²) in [4.78, 5) is 11.1. The number of benzene rings is 2. The van der Waals surface area contributed by atoms with E-state index in [-0.39, 0.29) is 17.9 Å². The highest BCUT2D eigenvalue weighted by atomic mass is 19.1. The molecule has 3 nitrogen and oxygen atoms in total. The molecule has 0 unspecified atom stereocenters. The molecule has 0 fully saturated rings. The van der Waals surface area contributed by atoms with E-state index in [1.54, 1.807) is 30.3 Å². The smallest absolute Gasteiger partial charge is 0.336 e. The molecule has 0 spiro atoms.